The Hall–Kier alpha value is -2.71. The number of nitrogens with zero attached hydrogens (tertiary/aromatic N) is 4. The number of sulfonamides is 1. The van der Waals surface area contributed by atoms with E-state index >= 15 is 0 Å². The summed E-state index contributed by atoms with van der Waals surface area (Å²) in [4.78, 5) is 0. The zero-order valence-corrected chi connectivity index (χ0v) is 16.9. The van der Waals surface area contributed by atoms with E-state index in [1.54, 1.807) is 8.99 Å². The lowest BCUT2D eigenvalue weighted by Gasteiger charge is -2.16. The SMILES string of the molecule is O=S(=O)(CCCOc1ccccc1)N1CCC(n2cc(-c3ccccc3)nn2)C1. The summed E-state index contributed by atoms with van der Waals surface area (Å²) in [6.07, 6.45) is 3.08. The van der Waals surface area contributed by atoms with Gasteiger partial charge in [0.05, 0.1) is 24.6 Å². The minimum atomic E-state index is -3.31. The van der Waals surface area contributed by atoms with Gasteiger partial charge in [-0.25, -0.2) is 13.1 Å². The van der Waals surface area contributed by atoms with Crippen LogP contribution in [0.15, 0.2) is 66.9 Å². The van der Waals surface area contributed by atoms with E-state index in [0.717, 1.165) is 23.4 Å². The van der Waals surface area contributed by atoms with Crippen LogP contribution in [0.1, 0.15) is 18.9 Å². The molecule has 1 fully saturated rings. The molecule has 1 atom stereocenters. The third-order valence-corrected chi connectivity index (χ3v) is 6.96. The molecule has 0 spiro atoms. The fraction of sp³-hybridized carbons (Fsp3) is 0.333. The Morgan fingerprint density at radius 3 is 2.52 bits per heavy atom. The molecular weight excluding hydrogens is 388 g/mol. The summed E-state index contributed by atoms with van der Waals surface area (Å²) < 4.78 is 34.3. The molecule has 152 valence electrons. The van der Waals surface area contributed by atoms with Crippen molar-refractivity contribution in [2.75, 3.05) is 25.4 Å². The highest BCUT2D eigenvalue weighted by atomic mass is 32.2. The van der Waals surface area contributed by atoms with Gasteiger partial charge in [-0.1, -0.05) is 53.7 Å². The molecule has 8 heteroatoms. The second kappa shape index (κ2) is 8.75. The molecule has 4 rings (SSSR count). The van der Waals surface area contributed by atoms with Crippen molar-refractivity contribution in [1.29, 1.82) is 0 Å². The van der Waals surface area contributed by atoms with Crippen molar-refractivity contribution in [3.05, 3.63) is 66.9 Å². The molecule has 0 radical (unpaired) electrons. The highest BCUT2D eigenvalue weighted by Crippen LogP contribution is 2.25. The third-order valence-electron chi connectivity index (χ3n) is 5.03. The van der Waals surface area contributed by atoms with Gasteiger partial charge < -0.3 is 4.74 Å². The molecule has 1 aliphatic rings. The Morgan fingerprint density at radius 1 is 1.03 bits per heavy atom. The molecule has 0 saturated carbocycles. The number of rotatable bonds is 8. The normalized spacial score (nSPS) is 17.4. The number of aromatic nitrogens is 3. The maximum absolute atomic E-state index is 12.7. The van der Waals surface area contributed by atoms with Gasteiger partial charge in [-0.05, 0) is 25.0 Å². The van der Waals surface area contributed by atoms with Crippen LogP contribution in [0.2, 0.25) is 0 Å². The third kappa shape index (κ3) is 4.83. The van der Waals surface area contributed by atoms with Crippen molar-refractivity contribution in [1.82, 2.24) is 19.3 Å². The Bertz CT molecular complexity index is 1020. The standard InChI is InChI=1S/C21H24N4O3S/c26-29(27,15-7-14-28-20-10-5-2-6-11-20)24-13-12-19(16-24)25-17-21(22-23-25)18-8-3-1-4-9-18/h1-6,8-11,17,19H,7,12-16H2. The van der Waals surface area contributed by atoms with E-state index in [4.69, 9.17) is 4.74 Å². The first-order valence-electron chi connectivity index (χ1n) is 9.75. The average Bonchev–Trinajstić information content (AvgIpc) is 3.43. The molecule has 2 aromatic carbocycles. The second-order valence-corrected chi connectivity index (χ2v) is 9.17. The van der Waals surface area contributed by atoms with Crippen LogP contribution in [0.25, 0.3) is 11.3 Å². The zero-order chi connectivity index (χ0) is 20.1. The molecule has 0 aliphatic carbocycles. The average molecular weight is 413 g/mol. The van der Waals surface area contributed by atoms with E-state index < -0.39 is 10.0 Å². The molecular formula is C21H24N4O3S. The number of para-hydroxylation sites is 1. The maximum atomic E-state index is 12.7. The summed E-state index contributed by atoms with van der Waals surface area (Å²) in [7, 11) is -3.31. The molecule has 3 aromatic rings. The Labute approximate surface area is 171 Å². The Morgan fingerprint density at radius 2 is 1.76 bits per heavy atom. The van der Waals surface area contributed by atoms with Crippen molar-refractivity contribution in [2.24, 2.45) is 0 Å². The lowest BCUT2D eigenvalue weighted by Crippen LogP contribution is -2.32. The van der Waals surface area contributed by atoms with Crippen molar-refractivity contribution in [2.45, 2.75) is 18.9 Å². The van der Waals surface area contributed by atoms with Crippen LogP contribution in [0, 0.1) is 0 Å². The first-order valence-corrected chi connectivity index (χ1v) is 11.4. The fourth-order valence-corrected chi connectivity index (χ4v) is 4.98. The summed E-state index contributed by atoms with van der Waals surface area (Å²) in [6.45, 7) is 1.32. The van der Waals surface area contributed by atoms with E-state index in [1.807, 2.05) is 66.9 Å². The van der Waals surface area contributed by atoms with E-state index in [9.17, 15) is 8.42 Å². The molecule has 29 heavy (non-hydrogen) atoms. The molecule has 0 N–H and O–H groups in total. The first-order chi connectivity index (χ1) is 14.1. The predicted molar refractivity (Wildman–Crippen MR) is 111 cm³/mol. The Balaban J connectivity index is 1.30. The van der Waals surface area contributed by atoms with Crippen molar-refractivity contribution < 1.29 is 13.2 Å². The van der Waals surface area contributed by atoms with Gasteiger partial charge in [0.25, 0.3) is 0 Å². The monoisotopic (exact) mass is 412 g/mol. The topological polar surface area (TPSA) is 77.3 Å². The molecule has 7 nitrogen and oxygen atoms in total. The quantitative estimate of drug-likeness (QED) is 0.532. The summed E-state index contributed by atoms with van der Waals surface area (Å²) in [5, 5.41) is 8.46. The van der Waals surface area contributed by atoms with Crippen LogP contribution in [-0.2, 0) is 10.0 Å². The minimum Gasteiger partial charge on any atom is -0.494 e. The smallest absolute Gasteiger partial charge is 0.214 e. The zero-order valence-electron chi connectivity index (χ0n) is 16.1. The van der Waals surface area contributed by atoms with E-state index in [-0.39, 0.29) is 11.8 Å². The fourth-order valence-electron chi connectivity index (χ4n) is 3.45. The maximum Gasteiger partial charge on any atom is 0.214 e. The highest BCUT2D eigenvalue weighted by Gasteiger charge is 2.32. The van der Waals surface area contributed by atoms with Gasteiger partial charge in [-0.15, -0.1) is 5.10 Å². The summed E-state index contributed by atoms with van der Waals surface area (Å²) in [5.41, 5.74) is 1.80. The van der Waals surface area contributed by atoms with Crippen molar-refractivity contribution in [3.8, 4) is 17.0 Å². The summed E-state index contributed by atoms with van der Waals surface area (Å²) >= 11 is 0. The lowest BCUT2D eigenvalue weighted by molar-refractivity contribution is 0.316. The van der Waals surface area contributed by atoms with Gasteiger partial charge in [0, 0.05) is 18.7 Å². The van der Waals surface area contributed by atoms with E-state index in [0.29, 0.717) is 26.1 Å². The van der Waals surface area contributed by atoms with Gasteiger partial charge >= 0.3 is 0 Å². The van der Waals surface area contributed by atoms with Crippen LogP contribution in [-0.4, -0.2) is 53.2 Å². The number of hydrogen-bond acceptors (Lipinski definition) is 5. The van der Waals surface area contributed by atoms with Crippen molar-refractivity contribution >= 4 is 10.0 Å². The lowest BCUT2D eigenvalue weighted by atomic mass is 10.2. The number of hydrogen-bond donors (Lipinski definition) is 0. The number of ether oxygens (including phenoxy) is 1. The van der Waals surface area contributed by atoms with Gasteiger partial charge in [-0.3, -0.25) is 0 Å². The van der Waals surface area contributed by atoms with Crippen LogP contribution >= 0.6 is 0 Å². The van der Waals surface area contributed by atoms with Gasteiger partial charge in [0.1, 0.15) is 11.4 Å². The molecule has 2 heterocycles. The van der Waals surface area contributed by atoms with Crippen LogP contribution in [0.5, 0.6) is 5.75 Å². The number of benzene rings is 2. The second-order valence-electron chi connectivity index (χ2n) is 7.08. The Kier molecular flexibility index (Phi) is 5.92. The molecule has 0 amide bonds. The molecule has 1 unspecified atom stereocenters. The summed E-state index contributed by atoms with van der Waals surface area (Å²) in [6, 6.07) is 19.3. The molecule has 0 bridgehead atoms. The molecule has 1 aromatic heterocycles. The van der Waals surface area contributed by atoms with Gasteiger partial charge in [0.2, 0.25) is 10.0 Å². The van der Waals surface area contributed by atoms with Crippen molar-refractivity contribution in [3.63, 3.8) is 0 Å². The van der Waals surface area contributed by atoms with E-state index in [2.05, 4.69) is 10.3 Å². The van der Waals surface area contributed by atoms with Crippen LogP contribution in [0.4, 0.5) is 0 Å². The molecule has 1 aliphatic heterocycles. The first kappa shape index (κ1) is 19.6. The summed E-state index contributed by atoms with van der Waals surface area (Å²) in [5.74, 6) is 0.839. The minimum absolute atomic E-state index is 0.00954. The van der Waals surface area contributed by atoms with Gasteiger partial charge in [-0.2, -0.15) is 4.31 Å². The predicted octanol–water partition coefficient (Wildman–Crippen LogP) is 2.99. The van der Waals surface area contributed by atoms with Gasteiger partial charge in [0.15, 0.2) is 0 Å². The molecule has 1 saturated heterocycles. The van der Waals surface area contributed by atoms with Crippen LogP contribution < -0.4 is 4.74 Å². The largest absolute Gasteiger partial charge is 0.494 e. The highest BCUT2D eigenvalue weighted by molar-refractivity contribution is 7.89. The van der Waals surface area contributed by atoms with E-state index in [1.165, 1.54) is 0 Å². The van der Waals surface area contributed by atoms with Crippen LogP contribution in [0.3, 0.4) is 0 Å².